The van der Waals surface area contributed by atoms with Crippen molar-refractivity contribution in [3.63, 3.8) is 0 Å². The molecule has 0 aliphatic heterocycles. The van der Waals surface area contributed by atoms with Crippen LogP contribution in [0.1, 0.15) is 32.4 Å². The third kappa shape index (κ3) is 2.77. The molecule has 0 fully saturated rings. The van der Waals surface area contributed by atoms with Crippen LogP contribution in [0.5, 0.6) is 0 Å². The van der Waals surface area contributed by atoms with E-state index in [1.165, 1.54) is 6.07 Å². The molecule has 90 valence electrons. The smallest absolute Gasteiger partial charge is 0.159 e. The van der Waals surface area contributed by atoms with E-state index in [0.717, 1.165) is 6.07 Å². The lowest BCUT2D eigenvalue weighted by Crippen LogP contribution is -2.34. The van der Waals surface area contributed by atoms with Crippen molar-refractivity contribution in [3.8, 4) is 0 Å². The summed E-state index contributed by atoms with van der Waals surface area (Å²) >= 11 is 0. The summed E-state index contributed by atoms with van der Waals surface area (Å²) in [5, 5.41) is 0. The highest BCUT2D eigenvalue weighted by molar-refractivity contribution is 5.21. The van der Waals surface area contributed by atoms with Gasteiger partial charge in [0.2, 0.25) is 0 Å². The highest BCUT2D eigenvalue weighted by atomic mass is 19.2. The molecular weight excluding hydrogens is 210 g/mol. The Bertz CT molecular complexity index is 353. The van der Waals surface area contributed by atoms with E-state index in [1.807, 2.05) is 6.92 Å². The quantitative estimate of drug-likeness (QED) is 0.614. The zero-order valence-electron chi connectivity index (χ0n) is 9.80. The summed E-state index contributed by atoms with van der Waals surface area (Å²) < 4.78 is 25.9. The number of rotatable bonds is 4. The Hall–Kier alpha value is -1.00. The van der Waals surface area contributed by atoms with Crippen molar-refractivity contribution in [2.75, 3.05) is 0 Å². The fraction of sp³-hybridized carbons (Fsp3) is 0.500. The van der Waals surface area contributed by atoms with Gasteiger partial charge in [-0.15, -0.1) is 0 Å². The average Bonchev–Trinajstić information content (AvgIpc) is 2.24. The van der Waals surface area contributed by atoms with Crippen molar-refractivity contribution < 1.29 is 8.78 Å². The molecule has 2 atom stereocenters. The molecule has 16 heavy (non-hydrogen) atoms. The molecule has 1 aromatic rings. The lowest BCUT2D eigenvalue weighted by molar-refractivity contribution is 0.305. The first kappa shape index (κ1) is 13.1. The van der Waals surface area contributed by atoms with Crippen molar-refractivity contribution in [1.29, 1.82) is 0 Å². The minimum Gasteiger partial charge on any atom is -0.271 e. The molecule has 0 aliphatic rings. The standard InChI is InChI=1S/C12H18F2N2/c1-7(2)8(3)12(16-15)9-4-5-10(13)11(14)6-9/h4-8,12,16H,15H2,1-3H3. The third-order valence-electron chi connectivity index (χ3n) is 3.06. The summed E-state index contributed by atoms with van der Waals surface area (Å²) in [6.45, 7) is 6.15. The summed E-state index contributed by atoms with van der Waals surface area (Å²) in [5.74, 6) is 4.42. The largest absolute Gasteiger partial charge is 0.271 e. The van der Waals surface area contributed by atoms with Gasteiger partial charge in [-0.3, -0.25) is 11.3 Å². The predicted octanol–water partition coefficient (Wildman–Crippen LogP) is 2.76. The van der Waals surface area contributed by atoms with Gasteiger partial charge in [-0.05, 0) is 29.5 Å². The fourth-order valence-corrected chi connectivity index (χ4v) is 1.64. The van der Waals surface area contributed by atoms with Gasteiger partial charge in [0.15, 0.2) is 11.6 Å². The van der Waals surface area contributed by atoms with Crippen LogP contribution in [-0.4, -0.2) is 0 Å². The predicted molar refractivity (Wildman–Crippen MR) is 60.4 cm³/mol. The van der Waals surface area contributed by atoms with E-state index >= 15 is 0 Å². The van der Waals surface area contributed by atoms with Crippen LogP contribution in [0.15, 0.2) is 18.2 Å². The Morgan fingerprint density at radius 2 is 1.75 bits per heavy atom. The molecule has 0 amide bonds. The van der Waals surface area contributed by atoms with Crippen LogP contribution < -0.4 is 11.3 Å². The van der Waals surface area contributed by atoms with Crippen LogP contribution in [-0.2, 0) is 0 Å². The molecule has 0 bridgehead atoms. The number of nitrogens with two attached hydrogens (primary N) is 1. The molecule has 2 nitrogen and oxygen atoms in total. The Labute approximate surface area is 94.8 Å². The summed E-state index contributed by atoms with van der Waals surface area (Å²) in [4.78, 5) is 0. The number of benzene rings is 1. The van der Waals surface area contributed by atoms with Crippen LogP contribution in [0.2, 0.25) is 0 Å². The Kier molecular flexibility index (Phi) is 4.38. The first-order chi connectivity index (χ1) is 7.47. The van der Waals surface area contributed by atoms with Gasteiger partial charge in [0, 0.05) is 6.04 Å². The van der Waals surface area contributed by atoms with Gasteiger partial charge in [-0.25, -0.2) is 8.78 Å². The molecule has 0 aromatic heterocycles. The van der Waals surface area contributed by atoms with Crippen molar-refractivity contribution >= 4 is 0 Å². The number of hydrogen-bond acceptors (Lipinski definition) is 2. The van der Waals surface area contributed by atoms with E-state index in [9.17, 15) is 8.78 Å². The van der Waals surface area contributed by atoms with Crippen LogP contribution in [0, 0.1) is 23.5 Å². The summed E-state index contributed by atoms with van der Waals surface area (Å²) in [7, 11) is 0. The summed E-state index contributed by atoms with van der Waals surface area (Å²) in [6.07, 6.45) is 0. The second-order valence-corrected chi connectivity index (χ2v) is 4.42. The van der Waals surface area contributed by atoms with Crippen LogP contribution in [0.3, 0.4) is 0 Å². The number of halogens is 2. The Morgan fingerprint density at radius 1 is 1.12 bits per heavy atom. The van der Waals surface area contributed by atoms with E-state index in [2.05, 4.69) is 19.3 Å². The second kappa shape index (κ2) is 5.37. The zero-order chi connectivity index (χ0) is 12.3. The SMILES string of the molecule is CC(C)C(C)C(NN)c1ccc(F)c(F)c1. The molecule has 3 N–H and O–H groups in total. The van der Waals surface area contributed by atoms with Crippen molar-refractivity contribution in [2.45, 2.75) is 26.8 Å². The minimum absolute atomic E-state index is 0.171. The molecule has 0 radical (unpaired) electrons. The average molecular weight is 228 g/mol. The summed E-state index contributed by atoms with van der Waals surface area (Å²) in [6, 6.07) is 3.71. The van der Waals surface area contributed by atoms with Gasteiger partial charge in [-0.2, -0.15) is 0 Å². The maximum Gasteiger partial charge on any atom is 0.159 e. The van der Waals surface area contributed by atoms with Crippen molar-refractivity contribution in [3.05, 3.63) is 35.4 Å². The topological polar surface area (TPSA) is 38.0 Å². The number of hydrazine groups is 1. The van der Waals surface area contributed by atoms with E-state index in [1.54, 1.807) is 6.07 Å². The minimum atomic E-state index is -0.839. The molecule has 0 saturated heterocycles. The molecule has 0 heterocycles. The molecule has 0 spiro atoms. The maximum absolute atomic E-state index is 13.1. The van der Waals surface area contributed by atoms with Gasteiger partial charge >= 0.3 is 0 Å². The van der Waals surface area contributed by atoms with E-state index in [-0.39, 0.29) is 12.0 Å². The normalized spacial score (nSPS) is 15.2. The molecule has 0 aliphatic carbocycles. The van der Waals surface area contributed by atoms with Crippen LogP contribution in [0.4, 0.5) is 8.78 Å². The zero-order valence-corrected chi connectivity index (χ0v) is 9.80. The van der Waals surface area contributed by atoms with Crippen molar-refractivity contribution in [2.24, 2.45) is 17.7 Å². The summed E-state index contributed by atoms with van der Waals surface area (Å²) in [5.41, 5.74) is 3.33. The molecular formula is C12H18F2N2. The van der Waals surface area contributed by atoms with Gasteiger partial charge in [0.05, 0.1) is 0 Å². The lowest BCUT2D eigenvalue weighted by Gasteiger charge is -2.26. The molecule has 0 saturated carbocycles. The molecule has 4 heteroatoms. The Morgan fingerprint density at radius 3 is 2.19 bits per heavy atom. The first-order valence-electron chi connectivity index (χ1n) is 5.38. The third-order valence-corrected chi connectivity index (χ3v) is 3.06. The molecule has 1 aromatic carbocycles. The van der Waals surface area contributed by atoms with E-state index < -0.39 is 11.6 Å². The number of hydrogen-bond donors (Lipinski definition) is 2. The number of nitrogens with one attached hydrogen (secondary N) is 1. The van der Waals surface area contributed by atoms with Crippen LogP contribution >= 0.6 is 0 Å². The first-order valence-corrected chi connectivity index (χ1v) is 5.38. The van der Waals surface area contributed by atoms with Gasteiger partial charge < -0.3 is 0 Å². The molecule has 1 rings (SSSR count). The van der Waals surface area contributed by atoms with Gasteiger partial charge in [-0.1, -0.05) is 26.8 Å². The van der Waals surface area contributed by atoms with E-state index in [4.69, 9.17) is 5.84 Å². The van der Waals surface area contributed by atoms with E-state index in [0.29, 0.717) is 11.5 Å². The fourth-order valence-electron chi connectivity index (χ4n) is 1.64. The Balaban J connectivity index is 2.99. The molecule has 2 unspecified atom stereocenters. The highest BCUT2D eigenvalue weighted by Crippen LogP contribution is 2.27. The lowest BCUT2D eigenvalue weighted by atomic mass is 9.86. The van der Waals surface area contributed by atoms with Gasteiger partial charge in [0.1, 0.15) is 0 Å². The second-order valence-electron chi connectivity index (χ2n) is 4.42. The van der Waals surface area contributed by atoms with Crippen LogP contribution in [0.25, 0.3) is 0 Å². The maximum atomic E-state index is 13.1. The van der Waals surface area contributed by atoms with Gasteiger partial charge in [0.25, 0.3) is 0 Å². The van der Waals surface area contributed by atoms with Crippen molar-refractivity contribution in [1.82, 2.24) is 5.43 Å². The highest BCUT2D eigenvalue weighted by Gasteiger charge is 2.21. The monoisotopic (exact) mass is 228 g/mol.